The van der Waals surface area contributed by atoms with E-state index in [9.17, 15) is 4.79 Å². The smallest absolute Gasteiger partial charge is 0.309 e. The molecule has 0 saturated carbocycles. The number of para-hydroxylation sites is 1. The largest absolute Gasteiger partial charge is 0.481 e. The van der Waals surface area contributed by atoms with Crippen molar-refractivity contribution in [3.63, 3.8) is 0 Å². The normalized spacial score (nSPS) is 17.6. The highest BCUT2D eigenvalue weighted by molar-refractivity contribution is 5.74. The van der Waals surface area contributed by atoms with Gasteiger partial charge in [0, 0.05) is 18.8 Å². The van der Waals surface area contributed by atoms with E-state index in [1.807, 2.05) is 39.0 Å². The van der Waals surface area contributed by atoms with E-state index >= 15 is 0 Å². The van der Waals surface area contributed by atoms with Gasteiger partial charge in [0.2, 0.25) is 0 Å². The van der Waals surface area contributed by atoms with E-state index in [4.69, 9.17) is 5.11 Å². The molecule has 0 amide bonds. The molecule has 2 rings (SSSR count). The predicted molar refractivity (Wildman–Crippen MR) is 75.0 cm³/mol. The molecular formula is C15H23NO2. The predicted octanol–water partition coefficient (Wildman–Crippen LogP) is 3.40. The number of piperidine rings is 1. The first-order valence-corrected chi connectivity index (χ1v) is 6.65. The second-order valence-electron chi connectivity index (χ2n) is 4.69. The quantitative estimate of drug-likeness (QED) is 0.873. The molecular weight excluding hydrogens is 226 g/mol. The van der Waals surface area contributed by atoms with E-state index in [0.29, 0.717) is 0 Å². The average Bonchev–Trinajstić information content (AvgIpc) is 2.43. The van der Waals surface area contributed by atoms with Crippen molar-refractivity contribution in [2.24, 2.45) is 5.41 Å². The third-order valence-electron chi connectivity index (χ3n) is 3.50. The Labute approximate surface area is 109 Å². The molecule has 1 aromatic rings. The zero-order valence-corrected chi connectivity index (χ0v) is 11.5. The molecule has 18 heavy (non-hydrogen) atoms. The minimum absolute atomic E-state index is 0.536. The fraction of sp³-hybridized carbons (Fsp3) is 0.533. The van der Waals surface area contributed by atoms with Gasteiger partial charge in [-0.3, -0.25) is 4.79 Å². The molecule has 100 valence electrons. The number of aliphatic carboxylic acids is 1. The Morgan fingerprint density at radius 1 is 1.17 bits per heavy atom. The van der Waals surface area contributed by atoms with E-state index in [0.717, 1.165) is 25.9 Å². The van der Waals surface area contributed by atoms with Crippen LogP contribution in [0.15, 0.2) is 30.3 Å². The van der Waals surface area contributed by atoms with Crippen molar-refractivity contribution in [1.29, 1.82) is 0 Å². The summed E-state index contributed by atoms with van der Waals surface area (Å²) in [4.78, 5) is 13.4. The molecule has 0 aromatic heterocycles. The molecule has 1 saturated heterocycles. The van der Waals surface area contributed by atoms with Crippen molar-refractivity contribution in [3.8, 4) is 0 Å². The Balaban J connectivity index is 0.000000771. The summed E-state index contributed by atoms with van der Waals surface area (Å²) < 4.78 is 0. The number of rotatable bonds is 2. The summed E-state index contributed by atoms with van der Waals surface area (Å²) in [5.74, 6) is -0.666. The molecule has 0 spiro atoms. The van der Waals surface area contributed by atoms with Crippen LogP contribution < -0.4 is 4.90 Å². The van der Waals surface area contributed by atoms with E-state index in [1.54, 1.807) is 0 Å². The van der Waals surface area contributed by atoms with Gasteiger partial charge in [-0.25, -0.2) is 0 Å². The van der Waals surface area contributed by atoms with Crippen LogP contribution in [0.3, 0.4) is 0 Å². The topological polar surface area (TPSA) is 40.5 Å². The van der Waals surface area contributed by atoms with Gasteiger partial charge < -0.3 is 10.0 Å². The molecule has 1 aromatic carbocycles. The maximum Gasteiger partial charge on any atom is 0.309 e. The summed E-state index contributed by atoms with van der Waals surface area (Å²) >= 11 is 0. The van der Waals surface area contributed by atoms with Crippen molar-refractivity contribution in [2.45, 2.75) is 33.6 Å². The standard InChI is InChI=1S/C13H17NO2.C2H6/c1-13(12(15)16)7-9-14(10-8-13)11-5-3-2-4-6-11;1-2/h2-6H,7-10H2,1H3,(H,15,16);1-2H3. The summed E-state index contributed by atoms with van der Waals surface area (Å²) in [6.07, 6.45) is 1.44. The number of hydrogen-bond acceptors (Lipinski definition) is 2. The van der Waals surface area contributed by atoms with Crippen LogP contribution in [0, 0.1) is 5.41 Å². The van der Waals surface area contributed by atoms with Gasteiger partial charge >= 0.3 is 5.97 Å². The summed E-state index contributed by atoms with van der Waals surface area (Å²) in [7, 11) is 0. The fourth-order valence-corrected chi connectivity index (χ4v) is 2.11. The van der Waals surface area contributed by atoms with E-state index < -0.39 is 11.4 Å². The number of carbonyl (C=O) groups is 1. The second kappa shape index (κ2) is 6.43. The highest BCUT2D eigenvalue weighted by Gasteiger charge is 2.36. The van der Waals surface area contributed by atoms with E-state index in [2.05, 4.69) is 17.0 Å². The molecule has 0 atom stereocenters. The lowest BCUT2D eigenvalue weighted by Crippen LogP contribution is -2.42. The van der Waals surface area contributed by atoms with Crippen molar-refractivity contribution in [3.05, 3.63) is 30.3 Å². The first-order chi connectivity index (χ1) is 8.62. The molecule has 3 heteroatoms. The zero-order valence-electron chi connectivity index (χ0n) is 11.5. The van der Waals surface area contributed by atoms with Crippen molar-refractivity contribution in [2.75, 3.05) is 18.0 Å². The molecule has 1 fully saturated rings. The van der Waals surface area contributed by atoms with Crippen molar-refractivity contribution < 1.29 is 9.90 Å². The lowest BCUT2D eigenvalue weighted by Gasteiger charge is -2.37. The van der Waals surface area contributed by atoms with Crippen molar-refractivity contribution in [1.82, 2.24) is 0 Å². The van der Waals surface area contributed by atoms with Gasteiger partial charge in [-0.05, 0) is 31.9 Å². The minimum atomic E-state index is -0.666. The molecule has 0 radical (unpaired) electrons. The number of anilines is 1. The third-order valence-corrected chi connectivity index (χ3v) is 3.50. The van der Waals surface area contributed by atoms with Crippen LogP contribution in [0.4, 0.5) is 5.69 Å². The number of hydrogen-bond donors (Lipinski definition) is 1. The van der Waals surface area contributed by atoms with Crippen molar-refractivity contribution >= 4 is 11.7 Å². The van der Waals surface area contributed by atoms with Gasteiger partial charge in [-0.1, -0.05) is 32.0 Å². The van der Waals surface area contributed by atoms with Crippen LogP contribution in [0.5, 0.6) is 0 Å². The first kappa shape index (κ1) is 14.6. The summed E-state index contributed by atoms with van der Waals surface area (Å²) in [6.45, 7) is 7.50. The molecule has 1 aliphatic heterocycles. The number of carboxylic acid groups (broad SMARTS) is 1. The molecule has 0 aliphatic carbocycles. The average molecular weight is 249 g/mol. The number of benzene rings is 1. The van der Waals surface area contributed by atoms with E-state index in [1.165, 1.54) is 5.69 Å². The SMILES string of the molecule is CC.CC1(C(=O)O)CCN(c2ccccc2)CC1. The number of nitrogens with zero attached hydrogens (tertiary/aromatic N) is 1. The van der Waals surface area contributed by atoms with Crippen LogP contribution in [-0.2, 0) is 4.79 Å². The van der Waals surface area contributed by atoms with Gasteiger partial charge in [-0.2, -0.15) is 0 Å². The van der Waals surface area contributed by atoms with Gasteiger partial charge in [-0.15, -0.1) is 0 Å². The Kier molecular flexibility index (Phi) is 5.20. The highest BCUT2D eigenvalue weighted by Crippen LogP contribution is 2.32. The molecule has 0 unspecified atom stereocenters. The Morgan fingerprint density at radius 2 is 1.67 bits per heavy atom. The van der Waals surface area contributed by atoms with Crippen LogP contribution >= 0.6 is 0 Å². The summed E-state index contributed by atoms with van der Waals surface area (Å²) in [5, 5.41) is 9.14. The maximum atomic E-state index is 11.1. The molecule has 1 heterocycles. The number of carboxylic acids is 1. The van der Waals surface area contributed by atoms with Crippen LogP contribution in [-0.4, -0.2) is 24.2 Å². The maximum absolute atomic E-state index is 11.1. The van der Waals surface area contributed by atoms with E-state index in [-0.39, 0.29) is 0 Å². The van der Waals surface area contributed by atoms with Gasteiger partial charge in [0.05, 0.1) is 5.41 Å². The Bertz CT molecular complexity index is 367. The third kappa shape index (κ3) is 3.25. The Hall–Kier alpha value is -1.51. The minimum Gasteiger partial charge on any atom is -0.481 e. The molecule has 3 nitrogen and oxygen atoms in total. The molecule has 1 N–H and O–H groups in total. The highest BCUT2D eigenvalue weighted by atomic mass is 16.4. The monoisotopic (exact) mass is 249 g/mol. The lowest BCUT2D eigenvalue weighted by atomic mass is 9.80. The summed E-state index contributed by atoms with van der Waals surface area (Å²) in [5.41, 5.74) is 0.653. The fourth-order valence-electron chi connectivity index (χ4n) is 2.11. The first-order valence-electron chi connectivity index (χ1n) is 6.65. The van der Waals surface area contributed by atoms with Gasteiger partial charge in [0.1, 0.15) is 0 Å². The van der Waals surface area contributed by atoms with Crippen LogP contribution in [0.25, 0.3) is 0 Å². The zero-order chi connectivity index (χ0) is 13.6. The molecule has 0 bridgehead atoms. The Morgan fingerprint density at radius 3 is 2.11 bits per heavy atom. The molecule has 1 aliphatic rings. The lowest BCUT2D eigenvalue weighted by molar-refractivity contribution is -0.149. The summed E-state index contributed by atoms with van der Waals surface area (Å²) in [6, 6.07) is 10.2. The van der Waals surface area contributed by atoms with Gasteiger partial charge in [0.25, 0.3) is 0 Å². The second-order valence-corrected chi connectivity index (χ2v) is 4.69. The van der Waals surface area contributed by atoms with Crippen LogP contribution in [0.1, 0.15) is 33.6 Å². The van der Waals surface area contributed by atoms with Gasteiger partial charge in [0.15, 0.2) is 0 Å². The van der Waals surface area contributed by atoms with Crippen LogP contribution in [0.2, 0.25) is 0 Å².